The Morgan fingerprint density at radius 3 is 1.62 bits per heavy atom. The molecule has 0 saturated heterocycles. The minimum absolute atomic E-state index is 0.109. The molecule has 0 bridgehead atoms. The minimum Gasteiger partial charge on any atom is -0.481 e. The fourth-order valence-electron chi connectivity index (χ4n) is 4.00. The van der Waals surface area contributed by atoms with Gasteiger partial charge in [-0.2, -0.15) is 0 Å². The van der Waals surface area contributed by atoms with Crippen molar-refractivity contribution in [3.8, 4) is 0 Å². The van der Waals surface area contributed by atoms with E-state index < -0.39 is 23.8 Å². The van der Waals surface area contributed by atoms with Gasteiger partial charge in [-0.25, -0.2) is 0 Å². The molecule has 0 rings (SSSR count). The summed E-state index contributed by atoms with van der Waals surface area (Å²) in [7, 11) is 0. The molecule has 0 amide bonds. The van der Waals surface area contributed by atoms with E-state index in [-0.39, 0.29) is 5.92 Å². The van der Waals surface area contributed by atoms with Crippen molar-refractivity contribution in [3.05, 3.63) is 25.3 Å². The van der Waals surface area contributed by atoms with Gasteiger partial charge < -0.3 is 10.2 Å². The number of unbranched alkanes of at least 4 members (excludes halogenated alkanes) is 10. The van der Waals surface area contributed by atoms with E-state index in [4.69, 9.17) is 0 Å². The highest BCUT2D eigenvalue weighted by atomic mass is 16.4. The van der Waals surface area contributed by atoms with Crippen LogP contribution in [-0.4, -0.2) is 22.2 Å². The van der Waals surface area contributed by atoms with Gasteiger partial charge in [0.1, 0.15) is 0 Å². The summed E-state index contributed by atoms with van der Waals surface area (Å²) in [6.07, 6.45) is 18.5. The van der Waals surface area contributed by atoms with Gasteiger partial charge in [0.2, 0.25) is 0 Å². The molecule has 3 unspecified atom stereocenters. The maximum atomic E-state index is 11.7. The van der Waals surface area contributed by atoms with Gasteiger partial charge in [-0.1, -0.05) is 70.4 Å². The van der Waals surface area contributed by atoms with Gasteiger partial charge in [0.15, 0.2) is 0 Å². The average molecular weight is 409 g/mol. The second kappa shape index (κ2) is 18.4. The summed E-state index contributed by atoms with van der Waals surface area (Å²) < 4.78 is 0. The van der Waals surface area contributed by atoms with E-state index in [0.29, 0.717) is 19.3 Å². The lowest BCUT2D eigenvalue weighted by atomic mass is 9.81. The van der Waals surface area contributed by atoms with Crippen LogP contribution in [0.15, 0.2) is 25.3 Å². The summed E-state index contributed by atoms with van der Waals surface area (Å²) in [5.74, 6) is -2.55. The molecule has 0 aromatic rings. The van der Waals surface area contributed by atoms with Crippen LogP contribution >= 0.6 is 0 Å². The van der Waals surface area contributed by atoms with Gasteiger partial charge >= 0.3 is 11.9 Å². The van der Waals surface area contributed by atoms with Gasteiger partial charge in [-0.3, -0.25) is 9.59 Å². The van der Waals surface area contributed by atoms with Gasteiger partial charge in [0.25, 0.3) is 0 Å². The molecule has 0 aliphatic heterocycles. The molecule has 0 heterocycles. The van der Waals surface area contributed by atoms with E-state index >= 15 is 0 Å². The zero-order valence-electron chi connectivity index (χ0n) is 18.6. The lowest BCUT2D eigenvalue weighted by Crippen LogP contribution is -2.26. The summed E-state index contributed by atoms with van der Waals surface area (Å²) >= 11 is 0. The third-order valence-corrected chi connectivity index (χ3v) is 5.89. The number of hydrogen-bond acceptors (Lipinski definition) is 2. The molecule has 3 atom stereocenters. The van der Waals surface area contributed by atoms with Gasteiger partial charge in [0, 0.05) is 0 Å². The first-order valence-electron chi connectivity index (χ1n) is 11.6. The molecule has 4 nitrogen and oxygen atoms in total. The lowest BCUT2D eigenvalue weighted by Gasteiger charge is -2.23. The highest BCUT2D eigenvalue weighted by molar-refractivity contribution is 5.71. The fraction of sp³-hybridized carbons (Fsp3) is 0.760. The number of rotatable bonds is 21. The monoisotopic (exact) mass is 408 g/mol. The Hall–Kier alpha value is -1.58. The number of carboxylic acid groups (broad SMARTS) is 2. The molecule has 2 N–H and O–H groups in total. The van der Waals surface area contributed by atoms with Crippen LogP contribution in [0.5, 0.6) is 0 Å². The topological polar surface area (TPSA) is 74.6 Å². The molecule has 0 aromatic heterocycles. The molecule has 0 fully saturated rings. The summed E-state index contributed by atoms with van der Waals surface area (Å²) in [6, 6.07) is 0. The van der Waals surface area contributed by atoms with Crippen molar-refractivity contribution in [2.45, 2.75) is 103 Å². The van der Waals surface area contributed by atoms with E-state index in [9.17, 15) is 19.8 Å². The first-order chi connectivity index (χ1) is 13.9. The number of carbonyl (C=O) groups is 2. The van der Waals surface area contributed by atoms with E-state index in [2.05, 4.69) is 13.2 Å². The standard InChI is InChI=1S/C25H44O4/c1-4-6-8-10-12-14-16-18-22(24(26)27)20-21(3)23(25(28)29)19-17-15-13-11-9-7-5-2/h4-5,21-23H,1-2,6-20H2,3H3,(H,26,27)(H,28,29). The predicted octanol–water partition coefficient (Wildman–Crippen LogP) is 7.25. The van der Waals surface area contributed by atoms with Crippen LogP contribution < -0.4 is 0 Å². The Kier molecular flexibility index (Phi) is 17.4. The minimum atomic E-state index is -0.783. The second-order valence-electron chi connectivity index (χ2n) is 8.46. The van der Waals surface area contributed by atoms with Crippen molar-refractivity contribution >= 4 is 11.9 Å². The maximum absolute atomic E-state index is 11.7. The highest BCUT2D eigenvalue weighted by Gasteiger charge is 2.29. The summed E-state index contributed by atoms with van der Waals surface area (Å²) in [5.41, 5.74) is 0. The Balaban J connectivity index is 4.27. The van der Waals surface area contributed by atoms with Gasteiger partial charge in [-0.05, 0) is 50.9 Å². The van der Waals surface area contributed by atoms with Crippen molar-refractivity contribution in [1.29, 1.82) is 0 Å². The smallest absolute Gasteiger partial charge is 0.306 e. The molecule has 0 aliphatic rings. The third-order valence-electron chi connectivity index (χ3n) is 5.89. The second-order valence-corrected chi connectivity index (χ2v) is 8.46. The lowest BCUT2D eigenvalue weighted by molar-refractivity contribution is -0.147. The zero-order chi connectivity index (χ0) is 21.9. The summed E-state index contributed by atoms with van der Waals surface area (Å²) in [4.78, 5) is 23.4. The Morgan fingerprint density at radius 2 is 1.17 bits per heavy atom. The quantitative estimate of drug-likeness (QED) is 0.155. The molecule has 4 heteroatoms. The van der Waals surface area contributed by atoms with Crippen LogP contribution in [0.4, 0.5) is 0 Å². The van der Waals surface area contributed by atoms with Gasteiger partial charge in [0.05, 0.1) is 11.8 Å². The van der Waals surface area contributed by atoms with E-state index in [1.165, 1.54) is 0 Å². The van der Waals surface area contributed by atoms with Gasteiger partial charge in [-0.15, -0.1) is 13.2 Å². The molecule has 29 heavy (non-hydrogen) atoms. The number of allylic oxidation sites excluding steroid dienone is 2. The van der Waals surface area contributed by atoms with Crippen LogP contribution in [0.1, 0.15) is 103 Å². The highest BCUT2D eigenvalue weighted by Crippen LogP contribution is 2.28. The zero-order valence-corrected chi connectivity index (χ0v) is 18.6. The first-order valence-corrected chi connectivity index (χ1v) is 11.6. The van der Waals surface area contributed by atoms with Crippen molar-refractivity contribution in [1.82, 2.24) is 0 Å². The SMILES string of the molecule is C=CCCCCCCCC(CC(C)C(CCCCCCCC=C)C(=O)O)C(=O)O. The van der Waals surface area contributed by atoms with Crippen molar-refractivity contribution in [2.75, 3.05) is 0 Å². The van der Waals surface area contributed by atoms with Crippen molar-refractivity contribution in [3.63, 3.8) is 0 Å². The fourth-order valence-corrected chi connectivity index (χ4v) is 4.00. The number of carboxylic acids is 2. The van der Waals surface area contributed by atoms with E-state index in [0.717, 1.165) is 77.0 Å². The molecular formula is C25H44O4. The summed E-state index contributed by atoms with van der Waals surface area (Å²) in [5, 5.41) is 19.2. The van der Waals surface area contributed by atoms with Crippen LogP contribution in [0.3, 0.4) is 0 Å². The predicted molar refractivity (Wildman–Crippen MR) is 121 cm³/mol. The van der Waals surface area contributed by atoms with Crippen LogP contribution in [0.2, 0.25) is 0 Å². The van der Waals surface area contributed by atoms with Crippen LogP contribution in [-0.2, 0) is 9.59 Å². The Bertz CT molecular complexity index is 458. The van der Waals surface area contributed by atoms with E-state index in [1.54, 1.807) is 0 Å². The Morgan fingerprint density at radius 1 is 0.724 bits per heavy atom. The largest absolute Gasteiger partial charge is 0.481 e. The van der Waals surface area contributed by atoms with Crippen LogP contribution in [0, 0.1) is 17.8 Å². The molecule has 168 valence electrons. The average Bonchev–Trinajstić information content (AvgIpc) is 2.67. The molecule has 0 aliphatic carbocycles. The van der Waals surface area contributed by atoms with Crippen molar-refractivity contribution in [2.24, 2.45) is 17.8 Å². The maximum Gasteiger partial charge on any atom is 0.306 e. The molecule has 0 saturated carbocycles. The van der Waals surface area contributed by atoms with Crippen LogP contribution in [0.25, 0.3) is 0 Å². The first kappa shape index (κ1) is 27.4. The third kappa shape index (κ3) is 15.0. The Labute approximate surface area is 178 Å². The van der Waals surface area contributed by atoms with Crippen molar-refractivity contribution < 1.29 is 19.8 Å². The normalized spacial score (nSPS) is 14.1. The molecule has 0 spiro atoms. The number of hydrogen-bond donors (Lipinski definition) is 2. The molecule has 0 radical (unpaired) electrons. The molecular weight excluding hydrogens is 364 g/mol. The van der Waals surface area contributed by atoms with E-state index in [1.807, 2.05) is 19.1 Å². The molecule has 0 aromatic carbocycles. The summed E-state index contributed by atoms with van der Waals surface area (Å²) in [6.45, 7) is 9.35. The number of aliphatic carboxylic acids is 2.